The zero-order chi connectivity index (χ0) is 21.5. The van der Waals surface area contributed by atoms with Crippen LogP contribution in [0.1, 0.15) is 33.7 Å². The molecule has 0 radical (unpaired) electrons. The van der Waals surface area contributed by atoms with Crippen LogP contribution in [0.25, 0.3) is 0 Å². The molecule has 3 aromatic rings. The second-order valence-corrected chi connectivity index (χ2v) is 8.38. The van der Waals surface area contributed by atoms with E-state index in [4.69, 9.17) is 4.74 Å². The first-order valence-corrected chi connectivity index (χ1v) is 11.3. The van der Waals surface area contributed by atoms with Gasteiger partial charge in [0.15, 0.2) is 10.3 Å². The van der Waals surface area contributed by atoms with E-state index in [1.54, 1.807) is 13.8 Å². The van der Waals surface area contributed by atoms with Gasteiger partial charge in [-0.15, -0.1) is 10.2 Å². The SMILES string of the molecule is CCOC(=O)c1sc(NC(=O)CSc2nnc(CCc3ccccc3)n2C)nc1C. The molecule has 30 heavy (non-hydrogen) atoms. The number of carbonyl (C=O) groups is 2. The maximum absolute atomic E-state index is 12.3. The lowest BCUT2D eigenvalue weighted by molar-refractivity contribution is -0.113. The van der Waals surface area contributed by atoms with Crippen LogP contribution >= 0.6 is 23.1 Å². The third kappa shape index (κ3) is 5.67. The molecule has 0 atom stereocenters. The highest BCUT2D eigenvalue weighted by atomic mass is 32.2. The normalized spacial score (nSPS) is 10.8. The van der Waals surface area contributed by atoms with Crippen molar-refractivity contribution in [3.63, 3.8) is 0 Å². The fourth-order valence-corrected chi connectivity index (χ4v) is 4.32. The highest BCUT2D eigenvalue weighted by Crippen LogP contribution is 2.24. The highest BCUT2D eigenvalue weighted by molar-refractivity contribution is 7.99. The Morgan fingerprint density at radius 1 is 1.20 bits per heavy atom. The van der Waals surface area contributed by atoms with Crippen LogP contribution in [-0.2, 0) is 29.4 Å². The predicted molar refractivity (Wildman–Crippen MR) is 117 cm³/mol. The van der Waals surface area contributed by atoms with Gasteiger partial charge in [0.25, 0.3) is 0 Å². The van der Waals surface area contributed by atoms with Gasteiger partial charge in [0, 0.05) is 13.5 Å². The maximum atomic E-state index is 12.3. The fraction of sp³-hybridized carbons (Fsp3) is 0.350. The molecule has 0 aliphatic rings. The minimum absolute atomic E-state index is 0.165. The number of amides is 1. The second-order valence-electron chi connectivity index (χ2n) is 6.43. The van der Waals surface area contributed by atoms with E-state index in [2.05, 4.69) is 32.6 Å². The number of benzene rings is 1. The number of aryl methyl sites for hydroxylation is 3. The molecule has 0 spiro atoms. The minimum atomic E-state index is -0.426. The maximum Gasteiger partial charge on any atom is 0.350 e. The molecule has 1 aromatic carbocycles. The number of ether oxygens (including phenoxy) is 1. The number of carbonyl (C=O) groups excluding carboxylic acids is 2. The van der Waals surface area contributed by atoms with Crippen LogP contribution in [-0.4, -0.2) is 44.0 Å². The van der Waals surface area contributed by atoms with Crippen LogP contribution in [0.4, 0.5) is 5.13 Å². The average molecular weight is 446 g/mol. The largest absolute Gasteiger partial charge is 0.462 e. The third-order valence-corrected chi connectivity index (χ3v) is 6.31. The number of nitrogens with one attached hydrogen (secondary N) is 1. The number of nitrogens with zero attached hydrogens (tertiary/aromatic N) is 4. The fourth-order valence-electron chi connectivity index (χ4n) is 2.71. The van der Waals surface area contributed by atoms with E-state index in [9.17, 15) is 9.59 Å². The van der Waals surface area contributed by atoms with Gasteiger partial charge in [-0.05, 0) is 25.8 Å². The summed E-state index contributed by atoms with van der Waals surface area (Å²) in [6.07, 6.45) is 1.65. The number of anilines is 1. The zero-order valence-electron chi connectivity index (χ0n) is 17.0. The minimum Gasteiger partial charge on any atom is -0.462 e. The van der Waals surface area contributed by atoms with Crippen molar-refractivity contribution < 1.29 is 14.3 Å². The van der Waals surface area contributed by atoms with Crippen LogP contribution in [0.5, 0.6) is 0 Å². The Bertz CT molecular complexity index is 1020. The topological polar surface area (TPSA) is 99.0 Å². The quantitative estimate of drug-likeness (QED) is 0.399. The molecule has 0 aliphatic heterocycles. The number of hydrogen-bond donors (Lipinski definition) is 1. The Labute approximate surface area is 183 Å². The Balaban J connectivity index is 1.52. The molecule has 10 heteroatoms. The van der Waals surface area contributed by atoms with Gasteiger partial charge >= 0.3 is 5.97 Å². The molecule has 2 aromatic heterocycles. The van der Waals surface area contributed by atoms with Crippen LogP contribution in [0, 0.1) is 6.92 Å². The Morgan fingerprint density at radius 2 is 1.97 bits per heavy atom. The van der Waals surface area contributed by atoms with Gasteiger partial charge < -0.3 is 14.6 Å². The first-order chi connectivity index (χ1) is 14.5. The summed E-state index contributed by atoms with van der Waals surface area (Å²) in [7, 11) is 1.90. The monoisotopic (exact) mass is 445 g/mol. The molecule has 3 rings (SSSR count). The first-order valence-electron chi connectivity index (χ1n) is 9.47. The lowest BCUT2D eigenvalue weighted by atomic mass is 10.1. The van der Waals surface area contributed by atoms with Gasteiger partial charge in [-0.3, -0.25) is 4.79 Å². The molecule has 2 heterocycles. The summed E-state index contributed by atoms with van der Waals surface area (Å²) in [5, 5.41) is 12.2. The van der Waals surface area contributed by atoms with E-state index in [0.717, 1.165) is 30.0 Å². The molecule has 0 unspecified atom stereocenters. The van der Waals surface area contributed by atoms with Gasteiger partial charge in [-0.1, -0.05) is 53.4 Å². The molecule has 1 amide bonds. The molecule has 0 saturated carbocycles. The van der Waals surface area contributed by atoms with Crippen molar-refractivity contribution in [3.05, 3.63) is 52.3 Å². The van der Waals surface area contributed by atoms with Gasteiger partial charge in [-0.2, -0.15) is 0 Å². The zero-order valence-corrected chi connectivity index (χ0v) is 18.7. The molecule has 1 N–H and O–H groups in total. The highest BCUT2D eigenvalue weighted by Gasteiger charge is 2.18. The summed E-state index contributed by atoms with van der Waals surface area (Å²) in [4.78, 5) is 28.8. The second kappa shape index (κ2) is 10.4. The van der Waals surface area contributed by atoms with Crippen molar-refractivity contribution in [2.45, 2.75) is 31.8 Å². The predicted octanol–water partition coefficient (Wildman–Crippen LogP) is 3.27. The van der Waals surface area contributed by atoms with Crippen molar-refractivity contribution in [1.82, 2.24) is 19.7 Å². The molecule has 0 saturated heterocycles. The number of thiazole rings is 1. The van der Waals surface area contributed by atoms with Crippen molar-refractivity contribution >= 4 is 40.1 Å². The van der Waals surface area contributed by atoms with E-state index in [0.29, 0.717) is 27.5 Å². The summed E-state index contributed by atoms with van der Waals surface area (Å²) in [6, 6.07) is 10.2. The van der Waals surface area contributed by atoms with Crippen LogP contribution in [0.15, 0.2) is 35.5 Å². The standard InChI is InChI=1S/C20H23N5O3S2/c1-4-28-18(27)17-13(2)21-19(30-17)22-16(26)12-29-20-24-23-15(25(20)3)11-10-14-8-6-5-7-9-14/h5-9H,4,10-12H2,1-3H3,(H,21,22,26). The molecular weight excluding hydrogens is 422 g/mol. The lowest BCUT2D eigenvalue weighted by Gasteiger charge is -2.04. The summed E-state index contributed by atoms with van der Waals surface area (Å²) < 4.78 is 6.90. The summed E-state index contributed by atoms with van der Waals surface area (Å²) >= 11 is 2.41. The molecule has 0 fully saturated rings. The van der Waals surface area contributed by atoms with Crippen molar-refractivity contribution in [1.29, 1.82) is 0 Å². The van der Waals surface area contributed by atoms with Crippen LogP contribution < -0.4 is 5.32 Å². The number of esters is 1. The third-order valence-electron chi connectivity index (χ3n) is 4.24. The summed E-state index contributed by atoms with van der Waals surface area (Å²) in [6.45, 7) is 3.75. The summed E-state index contributed by atoms with van der Waals surface area (Å²) in [5.74, 6) is 0.386. The smallest absolute Gasteiger partial charge is 0.350 e. The number of hydrogen-bond acceptors (Lipinski definition) is 8. The van der Waals surface area contributed by atoms with Crippen molar-refractivity contribution in [2.75, 3.05) is 17.7 Å². The Morgan fingerprint density at radius 3 is 2.70 bits per heavy atom. The number of thioether (sulfide) groups is 1. The van der Waals surface area contributed by atoms with Crippen LogP contribution in [0.2, 0.25) is 0 Å². The van der Waals surface area contributed by atoms with Crippen molar-refractivity contribution in [3.8, 4) is 0 Å². The van der Waals surface area contributed by atoms with Gasteiger partial charge in [0.2, 0.25) is 5.91 Å². The van der Waals surface area contributed by atoms with E-state index in [1.807, 2.05) is 29.8 Å². The Hall–Kier alpha value is -2.72. The van der Waals surface area contributed by atoms with Gasteiger partial charge in [0.1, 0.15) is 10.7 Å². The first kappa shape index (κ1) is 22.0. The molecule has 0 aliphatic carbocycles. The molecule has 8 nitrogen and oxygen atoms in total. The van der Waals surface area contributed by atoms with E-state index in [1.165, 1.54) is 17.3 Å². The summed E-state index contributed by atoms with van der Waals surface area (Å²) in [5.41, 5.74) is 1.78. The average Bonchev–Trinajstić information content (AvgIpc) is 3.27. The number of rotatable bonds is 9. The molecule has 158 valence electrons. The van der Waals surface area contributed by atoms with E-state index in [-0.39, 0.29) is 11.7 Å². The van der Waals surface area contributed by atoms with E-state index < -0.39 is 5.97 Å². The molecule has 0 bridgehead atoms. The van der Waals surface area contributed by atoms with E-state index >= 15 is 0 Å². The van der Waals surface area contributed by atoms with Crippen LogP contribution in [0.3, 0.4) is 0 Å². The van der Waals surface area contributed by atoms with Gasteiger partial charge in [0.05, 0.1) is 18.1 Å². The molecular formula is C20H23N5O3S2. The number of aromatic nitrogens is 4. The van der Waals surface area contributed by atoms with Gasteiger partial charge in [-0.25, -0.2) is 9.78 Å². The Kier molecular flexibility index (Phi) is 7.58. The van der Waals surface area contributed by atoms with Crippen molar-refractivity contribution in [2.24, 2.45) is 7.05 Å². The lowest BCUT2D eigenvalue weighted by Crippen LogP contribution is -2.14.